The summed E-state index contributed by atoms with van der Waals surface area (Å²) >= 11 is 0. The van der Waals surface area contributed by atoms with E-state index in [0.29, 0.717) is 189 Å². The van der Waals surface area contributed by atoms with Gasteiger partial charge in [-0.15, -0.1) is 0 Å². The second kappa shape index (κ2) is 47.3. The maximum Gasteiger partial charge on any atom is 0.255 e. The van der Waals surface area contributed by atoms with Crippen LogP contribution >= 0.6 is 0 Å². The molecule has 3 atom stereocenters. The fourth-order valence-corrected chi connectivity index (χ4v) is 18.5. The number of anilines is 6. The van der Waals surface area contributed by atoms with Crippen LogP contribution in [0.5, 0.6) is 34.5 Å². The number of nitrogens with zero attached hydrogens (tertiary/aromatic N) is 11. The van der Waals surface area contributed by atoms with Crippen molar-refractivity contribution >= 4 is 102 Å². The molecule has 3 amide bonds. The number of benzene rings is 11. The molecular formula is C111H111F3N14O15. The maximum atomic E-state index is 15.7. The number of nitrogens with one attached hydrogen (secondary N) is 3. The van der Waals surface area contributed by atoms with Crippen LogP contribution in [0.1, 0.15) is 115 Å². The smallest absolute Gasteiger partial charge is 0.255 e. The molecule has 14 aromatic rings. The lowest BCUT2D eigenvalue weighted by Crippen LogP contribution is -2.37. The number of piperidine rings is 1. The van der Waals surface area contributed by atoms with E-state index in [-0.39, 0.29) is 78.0 Å². The zero-order chi connectivity index (χ0) is 99.2. The van der Waals surface area contributed by atoms with Gasteiger partial charge in [0.2, 0.25) is 5.91 Å². The van der Waals surface area contributed by atoms with Gasteiger partial charge in [-0.05, 0) is 163 Å². The van der Waals surface area contributed by atoms with Gasteiger partial charge in [-0.3, -0.25) is 33.7 Å². The van der Waals surface area contributed by atoms with Crippen LogP contribution in [0.4, 0.5) is 47.7 Å². The monoisotopic (exact) mass is 1940 g/mol. The summed E-state index contributed by atoms with van der Waals surface area (Å²) in [6, 6.07) is 64.8. The first-order valence-electron chi connectivity index (χ1n) is 47.7. The Morgan fingerprint density at radius 3 is 1.20 bits per heavy atom. The van der Waals surface area contributed by atoms with E-state index < -0.39 is 35.6 Å². The number of hydrogen-bond acceptors (Lipinski definition) is 26. The number of ether oxygens (including phenoxy) is 9. The number of morpholine rings is 1. The summed E-state index contributed by atoms with van der Waals surface area (Å²) < 4.78 is 97.7. The molecule has 3 saturated heterocycles. The van der Waals surface area contributed by atoms with Crippen LogP contribution in [0.2, 0.25) is 0 Å². The van der Waals surface area contributed by atoms with Crippen LogP contribution < -0.4 is 44.4 Å². The van der Waals surface area contributed by atoms with Crippen molar-refractivity contribution in [3.63, 3.8) is 0 Å². The molecular weight excluding hydrogens is 1830 g/mol. The fraction of sp³-hybridized carbons (Fsp3) is 0.297. The third-order valence-electron chi connectivity index (χ3n) is 25.9. The van der Waals surface area contributed by atoms with Crippen molar-refractivity contribution in [2.75, 3.05) is 144 Å². The standard InChI is InChI=1S/C39H38FN5O5.C37H35FN4O6.C35H38FN5O4/c1-48-35-23-33-30(22-36(35)50-17-7-14-44-15-18-49-19-16-44)38(42-25-41-33)43-32-13-12-26(20-31(32)40)21-34(46)37(27-8-3-2-4-9-27)45-24-28-10-5-6-11-29(28)39(45)47;1-45-14-16-47-33-20-28-31(21-34(33)48-17-15-46-2)39-23-40-36(28)41-30-13-12-24(18-29(30)38)19-32(43)35(25-8-4-3-5-9-25)42-22-26-10-6-7-11-27(26)37(42)44;1-40-15-12-23(13-16-40)21-45-32-20-29-26(19-31(32)44-2)35(38-22-37-29)39-28-11-10-24(17-27(28)36)18-30(42)34(25-7-4-3-5-8-25)41-14-6-9-33(41)43/h2-6,8-13,20,22-23,25,37H,7,14-19,21,24H2,1H3,(H,41,42,43);3-13,18,20-21,23,35H,14-17,19,22H2,1-2H3,(H,39,40,41);3-5,7-8,10-11,17,19-20,22-23,34H,6,9,12-16,18,21H2,1-2H3,(H,37,38,39). The molecule has 11 aromatic carbocycles. The summed E-state index contributed by atoms with van der Waals surface area (Å²) in [7, 11) is 8.47. The first-order chi connectivity index (χ1) is 69.8. The molecule has 3 aromatic heterocycles. The molecule has 32 heteroatoms. The lowest BCUT2D eigenvalue weighted by Gasteiger charge is -2.28. The molecule has 0 bridgehead atoms. The Labute approximate surface area is 826 Å². The molecule has 3 unspecified atom stereocenters. The SMILES string of the molecule is COCCOc1cc2ncnc(Nc3ccc(CC(=O)C(c4ccccc4)N4Cc5ccccc5C4=O)cc3F)c2cc1OCCOC.COc1cc2c(Nc3ccc(CC(=O)C(c4ccccc4)N4CCCC4=O)cc3F)ncnc2cc1OCC1CCN(C)CC1.COc1cc2ncnc(Nc3ccc(CC(=O)C(c4ccccc4)N4Cc5ccccc5C4=O)cc3F)c2cc1OCCCN1CCOCC1. The lowest BCUT2D eigenvalue weighted by molar-refractivity contribution is -0.136. The average Bonchev–Trinajstić information content (AvgIpc) is 1.62. The number of Topliss-reactive ketones (excluding diaryl/α,β-unsaturated/α-hetero) is 3. The van der Waals surface area contributed by atoms with Crippen molar-refractivity contribution < 1.29 is 84.6 Å². The minimum Gasteiger partial charge on any atom is -0.493 e. The second-order valence-corrected chi connectivity index (χ2v) is 35.5. The van der Waals surface area contributed by atoms with Crippen molar-refractivity contribution in [2.24, 2.45) is 5.92 Å². The van der Waals surface area contributed by atoms with Crippen molar-refractivity contribution in [3.05, 3.63) is 323 Å². The number of aromatic nitrogens is 6. The molecule has 3 N–H and O–H groups in total. The highest BCUT2D eigenvalue weighted by atomic mass is 19.1. The first-order valence-corrected chi connectivity index (χ1v) is 47.7. The molecule has 19 rings (SSSR count). The lowest BCUT2D eigenvalue weighted by atomic mass is 9.96. The van der Waals surface area contributed by atoms with E-state index in [9.17, 15) is 28.8 Å². The van der Waals surface area contributed by atoms with Gasteiger partial charge in [0.15, 0.2) is 51.8 Å². The molecule has 3 fully saturated rings. The highest BCUT2D eigenvalue weighted by molar-refractivity contribution is 6.04. The average molecular weight is 1940 g/mol. The highest BCUT2D eigenvalue weighted by Gasteiger charge is 2.40. The molecule has 736 valence electrons. The predicted molar refractivity (Wildman–Crippen MR) is 536 cm³/mol. The van der Waals surface area contributed by atoms with Crippen LogP contribution in [-0.4, -0.2) is 217 Å². The van der Waals surface area contributed by atoms with Gasteiger partial charge in [-0.2, -0.15) is 0 Å². The van der Waals surface area contributed by atoms with Crippen LogP contribution in [0.3, 0.4) is 0 Å². The summed E-state index contributed by atoms with van der Waals surface area (Å²) in [6.45, 7) is 10.0. The molecule has 0 aliphatic carbocycles. The number of carbonyl (C=O) groups is 6. The van der Waals surface area contributed by atoms with Gasteiger partial charge < -0.3 is 78.2 Å². The summed E-state index contributed by atoms with van der Waals surface area (Å²) in [5, 5.41) is 11.1. The number of ketones is 3. The predicted octanol–water partition coefficient (Wildman–Crippen LogP) is 17.9. The van der Waals surface area contributed by atoms with Crippen molar-refractivity contribution in [1.29, 1.82) is 0 Å². The first kappa shape index (κ1) is 99.2. The van der Waals surface area contributed by atoms with E-state index in [1.54, 1.807) is 122 Å². The summed E-state index contributed by atoms with van der Waals surface area (Å²) in [5.74, 6) is 2.21. The third-order valence-corrected chi connectivity index (χ3v) is 25.9. The van der Waals surface area contributed by atoms with Crippen molar-refractivity contribution in [3.8, 4) is 34.5 Å². The number of methoxy groups -OCH3 is 4. The van der Waals surface area contributed by atoms with Gasteiger partial charge in [0.1, 0.15) is 85.2 Å². The number of hydrogen-bond donors (Lipinski definition) is 3. The Morgan fingerprint density at radius 1 is 0.413 bits per heavy atom. The Kier molecular flexibility index (Phi) is 32.8. The molecule has 0 spiro atoms. The zero-order valence-electron chi connectivity index (χ0n) is 80.1. The normalized spacial score (nSPS) is 14.9. The molecule has 5 aliphatic rings. The Balaban J connectivity index is 0.000000148. The topological polar surface area (TPSA) is 315 Å². The Bertz CT molecular complexity index is 6890. The zero-order valence-corrected chi connectivity index (χ0v) is 80.1. The summed E-state index contributed by atoms with van der Waals surface area (Å²) in [5.41, 5.74) is 8.99. The van der Waals surface area contributed by atoms with E-state index in [1.807, 2.05) is 133 Å². The van der Waals surface area contributed by atoms with E-state index in [0.717, 1.165) is 88.3 Å². The molecule has 0 saturated carbocycles. The van der Waals surface area contributed by atoms with E-state index in [4.69, 9.17) is 42.6 Å². The minimum atomic E-state index is -0.817. The maximum absolute atomic E-state index is 15.7. The number of halogens is 3. The largest absolute Gasteiger partial charge is 0.493 e. The van der Waals surface area contributed by atoms with E-state index >= 15 is 13.2 Å². The number of amides is 3. The van der Waals surface area contributed by atoms with Crippen LogP contribution in [-0.2, 0) is 65.7 Å². The second-order valence-electron chi connectivity index (χ2n) is 35.5. The Morgan fingerprint density at radius 2 is 0.790 bits per heavy atom. The number of fused-ring (bicyclic) bond motifs is 5. The van der Waals surface area contributed by atoms with Gasteiger partial charge >= 0.3 is 0 Å². The number of likely N-dealkylation sites (tertiary alicyclic amines) is 2. The molecule has 29 nitrogen and oxygen atoms in total. The number of carbonyl (C=O) groups excluding carboxylic acids is 6. The van der Waals surface area contributed by atoms with Crippen LogP contribution in [0, 0.1) is 23.4 Å². The minimum absolute atomic E-state index is 0.00544. The van der Waals surface area contributed by atoms with Crippen LogP contribution in [0.15, 0.2) is 250 Å². The molecule has 0 radical (unpaired) electrons. The van der Waals surface area contributed by atoms with Gasteiger partial charge in [-0.1, -0.05) is 146 Å². The van der Waals surface area contributed by atoms with Crippen molar-refractivity contribution in [2.45, 2.75) is 82.6 Å². The molecule has 5 aliphatic heterocycles. The Hall–Kier alpha value is -15.4. The molecule has 8 heterocycles. The van der Waals surface area contributed by atoms with E-state index in [2.05, 4.69) is 62.7 Å². The van der Waals surface area contributed by atoms with Gasteiger partial charge in [0, 0.05) is 125 Å². The van der Waals surface area contributed by atoms with Gasteiger partial charge in [0.25, 0.3) is 11.8 Å². The van der Waals surface area contributed by atoms with Gasteiger partial charge in [0.05, 0.1) is 87.5 Å². The third kappa shape index (κ3) is 24.1. The number of rotatable bonds is 39. The van der Waals surface area contributed by atoms with Crippen LogP contribution in [0.25, 0.3) is 32.7 Å². The van der Waals surface area contributed by atoms with Gasteiger partial charge in [-0.25, -0.2) is 43.1 Å². The van der Waals surface area contributed by atoms with Crippen molar-refractivity contribution in [1.82, 2.24) is 54.4 Å². The molecule has 143 heavy (non-hydrogen) atoms. The highest BCUT2D eigenvalue weighted by Crippen LogP contribution is 2.43. The quantitative estimate of drug-likeness (QED) is 0.0301. The fourth-order valence-electron chi connectivity index (χ4n) is 18.5. The summed E-state index contributed by atoms with van der Waals surface area (Å²) in [6.07, 6.45) is 8.25. The van der Waals surface area contributed by atoms with E-state index in [1.165, 1.54) is 37.2 Å². The summed E-state index contributed by atoms with van der Waals surface area (Å²) in [4.78, 5) is 116.